The van der Waals surface area contributed by atoms with Gasteiger partial charge < -0.3 is 9.47 Å². The van der Waals surface area contributed by atoms with Gasteiger partial charge in [0.2, 0.25) is 0 Å². The number of hydrogen-bond acceptors (Lipinski definition) is 4. The van der Waals surface area contributed by atoms with Gasteiger partial charge in [0.1, 0.15) is 12.2 Å². The monoisotopic (exact) mass is 242 g/mol. The Morgan fingerprint density at radius 2 is 1.39 bits per heavy atom. The third-order valence-electron chi connectivity index (χ3n) is 1.83. The lowest BCUT2D eigenvalue weighted by Crippen LogP contribution is -2.05. The van der Waals surface area contributed by atoms with Crippen molar-refractivity contribution in [2.45, 2.75) is 13.8 Å². The van der Waals surface area contributed by atoms with Crippen molar-refractivity contribution in [3.63, 3.8) is 0 Å². The Labute approximate surface area is 105 Å². The highest BCUT2D eigenvalue weighted by atomic mass is 16.5. The van der Waals surface area contributed by atoms with E-state index in [0.717, 1.165) is 0 Å². The maximum atomic E-state index is 11.5. The maximum absolute atomic E-state index is 11.5. The Bertz CT molecular complexity index is 530. The fraction of sp³-hybridized carbons (Fsp3) is 0.143. The molecule has 0 aliphatic carbocycles. The molecule has 0 fully saturated rings. The number of esters is 2. The SMILES string of the molecule is CC#COC(=O)c1cccc(C(=O)OC#CC)c1. The molecule has 4 nitrogen and oxygen atoms in total. The average Bonchev–Trinajstić information content (AvgIpc) is 2.42. The molecule has 0 saturated carbocycles. The van der Waals surface area contributed by atoms with Gasteiger partial charge in [-0.2, -0.15) is 0 Å². The Balaban J connectivity index is 2.89. The van der Waals surface area contributed by atoms with Crippen LogP contribution in [0.25, 0.3) is 0 Å². The molecule has 0 amide bonds. The van der Waals surface area contributed by atoms with Crippen LogP contribution in [-0.4, -0.2) is 11.9 Å². The molecule has 0 spiro atoms. The minimum Gasteiger partial charge on any atom is -0.369 e. The zero-order valence-corrected chi connectivity index (χ0v) is 9.94. The van der Waals surface area contributed by atoms with Crippen LogP contribution >= 0.6 is 0 Å². The van der Waals surface area contributed by atoms with Crippen molar-refractivity contribution < 1.29 is 19.1 Å². The van der Waals surface area contributed by atoms with E-state index in [1.807, 2.05) is 0 Å². The fourth-order valence-corrected chi connectivity index (χ4v) is 1.09. The van der Waals surface area contributed by atoms with Gasteiger partial charge in [-0.1, -0.05) is 17.9 Å². The number of ether oxygens (including phenoxy) is 2. The summed E-state index contributed by atoms with van der Waals surface area (Å²) in [5.41, 5.74) is 0.438. The van der Waals surface area contributed by atoms with Crippen LogP contribution < -0.4 is 0 Å². The zero-order valence-electron chi connectivity index (χ0n) is 9.94. The third kappa shape index (κ3) is 3.70. The van der Waals surface area contributed by atoms with Crippen molar-refractivity contribution >= 4 is 11.9 Å². The molecule has 4 heteroatoms. The largest absolute Gasteiger partial charge is 0.369 e. The fourth-order valence-electron chi connectivity index (χ4n) is 1.09. The molecule has 0 saturated heterocycles. The van der Waals surface area contributed by atoms with Crippen molar-refractivity contribution in [2.75, 3.05) is 0 Å². The van der Waals surface area contributed by atoms with E-state index in [-0.39, 0.29) is 11.1 Å². The van der Waals surface area contributed by atoms with Gasteiger partial charge in [-0.05, 0) is 18.2 Å². The van der Waals surface area contributed by atoms with Crippen LogP contribution in [0.5, 0.6) is 0 Å². The normalized spacial score (nSPS) is 8.11. The molecule has 0 heterocycles. The summed E-state index contributed by atoms with van der Waals surface area (Å²) in [6.45, 7) is 3.09. The first kappa shape index (κ1) is 13.3. The van der Waals surface area contributed by atoms with Crippen LogP contribution in [0.4, 0.5) is 0 Å². The van der Waals surface area contributed by atoms with Crippen molar-refractivity contribution in [2.24, 2.45) is 0 Å². The van der Waals surface area contributed by atoms with Crippen molar-refractivity contribution in [1.82, 2.24) is 0 Å². The molecular formula is C14H10O4. The van der Waals surface area contributed by atoms with Crippen molar-refractivity contribution in [3.05, 3.63) is 35.4 Å². The van der Waals surface area contributed by atoms with E-state index in [1.54, 1.807) is 19.9 Å². The van der Waals surface area contributed by atoms with Gasteiger partial charge in [-0.3, -0.25) is 0 Å². The second kappa shape index (κ2) is 6.78. The first-order chi connectivity index (χ1) is 8.69. The molecule has 0 aliphatic rings. The summed E-state index contributed by atoms with van der Waals surface area (Å²) in [5.74, 6) is 3.61. The molecular weight excluding hydrogens is 232 g/mol. The highest BCUT2D eigenvalue weighted by molar-refractivity contribution is 5.95. The molecule has 0 aliphatic heterocycles. The number of benzene rings is 1. The lowest BCUT2D eigenvalue weighted by Gasteiger charge is -2.00. The highest BCUT2D eigenvalue weighted by Crippen LogP contribution is 2.08. The predicted octanol–water partition coefficient (Wildman–Crippen LogP) is 1.96. The van der Waals surface area contributed by atoms with E-state index in [9.17, 15) is 9.59 Å². The first-order valence-corrected chi connectivity index (χ1v) is 5.05. The highest BCUT2D eigenvalue weighted by Gasteiger charge is 2.11. The second-order valence-corrected chi connectivity index (χ2v) is 3.06. The van der Waals surface area contributed by atoms with Gasteiger partial charge in [0.05, 0.1) is 11.1 Å². The molecule has 0 atom stereocenters. The van der Waals surface area contributed by atoms with Crippen molar-refractivity contribution in [3.8, 4) is 24.1 Å². The van der Waals surface area contributed by atoms with Crippen LogP contribution in [0, 0.1) is 24.1 Å². The Hall–Kier alpha value is -2.72. The summed E-state index contributed by atoms with van der Waals surface area (Å²) in [5, 5.41) is 0. The summed E-state index contributed by atoms with van der Waals surface area (Å²) >= 11 is 0. The van der Waals surface area contributed by atoms with Crippen molar-refractivity contribution in [1.29, 1.82) is 0 Å². The van der Waals surface area contributed by atoms with Gasteiger partial charge in [0.25, 0.3) is 0 Å². The van der Waals surface area contributed by atoms with E-state index < -0.39 is 11.9 Å². The van der Waals surface area contributed by atoms with Crippen LogP contribution in [0.1, 0.15) is 34.6 Å². The summed E-state index contributed by atoms with van der Waals surface area (Å²) < 4.78 is 9.23. The average molecular weight is 242 g/mol. The molecule has 0 N–H and O–H groups in total. The molecule has 0 unspecified atom stereocenters. The summed E-state index contributed by atoms with van der Waals surface area (Å²) in [6, 6.07) is 5.94. The molecule has 0 aromatic heterocycles. The van der Waals surface area contributed by atoms with E-state index in [2.05, 4.69) is 33.5 Å². The lowest BCUT2D eigenvalue weighted by molar-refractivity contribution is 0.0690. The van der Waals surface area contributed by atoms with E-state index >= 15 is 0 Å². The number of hydrogen-bond donors (Lipinski definition) is 0. The minimum absolute atomic E-state index is 0.219. The zero-order chi connectivity index (χ0) is 13.4. The topological polar surface area (TPSA) is 52.6 Å². The standard InChI is InChI=1S/C14H10O4/c1-3-8-17-13(15)11-6-5-7-12(10-11)14(16)18-9-4-2/h5-7,10H,1-2H3. The quantitative estimate of drug-likeness (QED) is 0.587. The smallest absolute Gasteiger partial charge is 0.352 e. The molecule has 0 radical (unpaired) electrons. The van der Waals surface area contributed by atoms with E-state index in [0.29, 0.717) is 0 Å². The molecule has 90 valence electrons. The molecule has 18 heavy (non-hydrogen) atoms. The summed E-state index contributed by atoms with van der Waals surface area (Å²) in [6.07, 6.45) is 4.38. The Kier molecular flexibility index (Phi) is 5.02. The van der Waals surface area contributed by atoms with Gasteiger partial charge >= 0.3 is 11.9 Å². The Morgan fingerprint density at radius 1 is 0.944 bits per heavy atom. The van der Waals surface area contributed by atoms with Crippen LogP contribution in [0.15, 0.2) is 24.3 Å². The number of carbonyl (C=O) groups is 2. The van der Waals surface area contributed by atoms with Gasteiger partial charge in [0.15, 0.2) is 0 Å². The predicted molar refractivity (Wildman–Crippen MR) is 64.2 cm³/mol. The molecule has 1 rings (SSSR count). The third-order valence-corrected chi connectivity index (χ3v) is 1.83. The van der Waals surface area contributed by atoms with Gasteiger partial charge in [-0.15, -0.1) is 0 Å². The van der Waals surface area contributed by atoms with E-state index in [4.69, 9.17) is 0 Å². The summed E-state index contributed by atoms with van der Waals surface area (Å²) in [4.78, 5) is 23.0. The summed E-state index contributed by atoms with van der Waals surface area (Å²) in [7, 11) is 0. The number of carbonyl (C=O) groups excluding carboxylic acids is 2. The van der Waals surface area contributed by atoms with E-state index in [1.165, 1.54) is 18.2 Å². The minimum atomic E-state index is -0.624. The first-order valence-electron chi connectivity index (χ1n) is 5.05. The van der Waals surface area contributed by atoms with Gasteiger partial charge in [-0.25, -0.2) is 9.59 Å². The molecule has 0 bridgehead atoms. The number of rotatable bonds is 2. The van der Waals surface area contributed by atoms with Crippen LogP contribution in [-0.2, 0) is 9.47 Å². The van der Waals surface area contributed by atoms with Crippen LogP contribution in [0.2, 0.25) is 0 Å². The lowest BCUT2D eigenvalue weighted by atomic mass is 10.1. The molecule has 1 aromatic rings. The van der Waals surface area contributed by atoms with Gasteiger partial charge in [0, 0.05) is 13.8 Å². The van der Waals surface area contributed by atoms with Crippen LogP contribution in [0.3, 0.4) is 0 Å². The maximum Gasteiger partial charge on any atom is 0.352 e. The Morgan fingerprint density at radius 3 is 1.78 bits per heavy atom. The molecule has 1 aromatic carbocycles. The second-order valence-electron chi connectivity index (χ2n) is 3.06.